The van der Waals surface area contributed by atoms with Crippen LogP contribution in [0.3, 0.4) is 0 Å². The molecule has 4 aromatic rings. The highest BCUT2D eigenvalue weighted by atomic mass is 16.8. The summed E-state index contributed by atoms with van der Waals surface area (Å²) in [4.78, 5) is 48.0. The lowest BCUT2D eigenvalue weighted by Gasteiger charge is -2.26. The van der Waals surface area contributed by atoms with Crippen molar-refractivity contribution in [1.82, 2.24) is 0 Å². The van der Waals surface area contributed by atoms with Crippen LogP contribution in [0.4, 0.5) is 21.9 Å². The smallest absolute Gasteiger partial charge is 0.433 e. The molecule has 0 saturated heterocycles. The van der Waals surface area contributed by atoms with Crippen LogP contribution >= 0.6 is 0 Å². The van der Waals surface area contributed by atoms with Crippen LogP contribution in [-0.4, -0.2) is 35.9 Å². The number of rotatable bonds is 11. The van der Waals surface area contributed by atoms with E-state index in [1.807, 2.05) is 109 Å². The second kappa shape index (κ2) is 15.2. The number of ether oxygens (including phenoxy) is 1. The van der Waals surface area contributed by atoms with Crippen molar-refractivity contribution in [1.29, 1.82) is 0 Å². The summed E-state index contributed by atoms with van der Waals surface area (Å²) in [6, 6.07) is 30.2. The molecule has 0 aromatic heterocycles. The highest BCUT2D eigenvalue weighted by molar-refractivity contribution is 6.09. The fraction of sp³-hybridized carbons (Fsp3) is 0.194. The Labute approximate surface area is 262 Å². The Kier molecular flexibility index (Phi) is 11.0. The average Bonchev–Trinajstić information content (AvgIpc) is 3.06. The van der Waals surface area contributed by atoms with Gasteiger partial charge in [-0.05, 0) is 93.4 Å². The molecule has 0 spiro atoms. The quantitative estimate of drug-likeness (QED) is 0.0557. The average molecular weight is 606 g/mol. The molecule has 9 nitrogen and oxygen atoms in total. The lowest BCUT2D eigenvalue weighted by molar-refractivity contribution is -0.143. The van der Waals surface area contributed by atoms with E-state index in [0.29, 0.717) is 22.6 Å². The molecule has 0 aliphatic carbocycles. The van der Waals surface area contributed by atoms with Crippen LogP contribution in [0.1, 0.15) is 66.7 Å². The second-order valence-corrected chi connectivity index (χ2v) is 10.1. The van der Waals surface area contributed by atoms with Gasteiger partial charge >= 0.3 is 12.1 Å². The first-order valence-electron chi connectivity index (χ1n) is 14.5. The van der Waals surface area contributed by atoms with Gasteiger partial charge in [0, 0.05) is 34.6 Å². The molecule has 0 amide bonds. The van der Waals surface area contributed by atoms with Gasteiger partial charge < -0.3 is 14.5 Å². The summed E-state index contributed by atoms with van der Waals surface area (Å²) in [6.07, 6.45) is -0.626. The van der Waals surface area contributed by atoms with Gasteiger partial charge in [-0.3, -0.25) is 9.63 Å². The summed E-state index contributed by atoms with van der Waals surface area (Å²) in [5.41, 5.74) is 7.37. The number of hydrogen-bond donors (Lipinski definition) is 0. The molecular formula is C36H35N3O6. The van der Waals surface area contributed by atoms with Crippen LogP contribution in [0, 0.1) is 6.92 Å². The molecule has 0 atom stereocenters. The molecule has 0 unspecified atom stereocenters. The second-order valence-electron chi connectivity index (χ2n) is 10.1. The zero-order valence-corrected chi connectivity index (χ0v) is 25.9. The zero-order chi connectivity index (χ0) is 32.3. The monoisotopic (exact) mass is 605 g/mol. The van der Waals surface area contributed by atoms with Crippen molar-refractivity contribution >= 4 is 46.4 Å². The predicted octanol–water partition coefficient (Wildman–Crippen LogP) is 8.27. The largest absolute Gasteiger partial charge is 0.535 e. The molecule has 45 heavy (non-hydrogen) atoms. The number of hydrogen-bond acceptors (Lipinski definition) is 9. The van der Waals surface area contributed by atoms with Crippen molar-refractivity contribution in [2.45, 2.75) is 41.0 Å². The SMILES string of the molecule is CCOC(=O)ON=C(C)c1ccc(N(c2ccc(C(=O)c3cccc(C)c3)cc2)c2ccc(C(C)=NOC(=O)CC)cc2)cc1. The van der Waals surface area contributed by atoms with E-state index in [1.54, 1.807) is 27.7 Å². The minimum absolute atomic E-state index is 0.0520. The van der Waals surface area contributed by atoms with Gasteiger partial charge in [0.15, 0.2) is 5.78 Å². The maximum Gasteiger partial charge on any atom is 0.535 e. The highest BCUT2D eigenvalue weighted by Gasteiger charge is 2.16. The van der Waals surface area contributed by atoms with E-state index in [-0.39, 0.29) is 18.8 Å². The normalized spacial score (nSPS) is 11.5. The molecule has 0 bridgehead atoms. The first-order valence-corrected chi connectivity index (χ1v) is 14.5. The van der Waals surface area contributed by atoms with Gasteiger partial charge in [-0.25, -0.2) is 9.59 Å². The first-order chi connectivity index (χ1) is 21.7. The molecule has 0 saturated carbocycles. The summed E-state index contributed by atoms with van der Waals surface area (Å²) in [5.74, 6) is -0.457. The lowest BCUT2D eigenvalue weighted by Crippen LogP contribution is -2.11. The highest BCUT2D eigenvalue weighted by Crippen LogP contribution is 2.35. The van der Waals surface area contributed by atoms with Gasteiger partial charge in [-0.1, -0.05) is 65.3 Å². The van der Waals surface area contributed by atoms with E-state index in [2.05, 4.69) is 10.3 Å². The van der Waals surface area contributed by atoms with Crippen molar-refractivity contribution in [2.75, 3.05) is 11.5 Å². The number of nitrogens with zero attached hydrogens (tertiary/aromatic N) is 3. The molecule has 0 N–H and O–H groups in total. The zero-order valence-electron chi connectivity index (χ0n) is 25.9. The van der Waals surface area contributed by atoms with Crippen LogP contribution in [0.2, 0.25) is 0 Å². The Balaban J connectivity index is 1.67. The summed E-state index contributed by atoms with van der Waals surface area (Å²) in [7, 11) is 0. The third-order valence-corrected chi connectivity index (χ3v) is 6.85. The molecule has 0 aliphatic heterocycles. The summed E-state index contributed by atoms with van der Waals surface area (Å²) in [6.45, 7) is 9.05. The number of aryl methyl sites for hydroxylation is 1. The van der Waals surface area contributed by atoms with Gasteiger partial charge in [0.2, 0.25) is 0 Å². The van der Waals surface area contributed by atoms with Crippen molar-refractivity contribution in [3.05, 3.63) is 125 Å². The number of carbonyl (C=O) groups is 3. The summed E-state index contributed by atoms with van der Waals surface area (Å²) < 4.78 is 4.76. The fourth-order valence-electron chi connectivity index (χ4n) is 4.40. The number of oxime groups is 2. The van der Waals surface area contributed by atoms with Crippen LogP contribution in [0.25, 0.3) is 0 Å². The third kappa shape index (κ3) is 8.51. The molecule has 230 valence electrons. The number of benzene rings is 4. The minimum atomic E-state index is -0.865. The Hall–Kier alpha value is -5.57. The van der Waals surface area contributed by atoms with Crippen LogP contribution in [-0.2, 0) is 19.2 Å². The first kappa shape index (κ1) is 32.3. The van der Waals surface area contributed by atoms with Gasteiger partial charge in [0.25, 0.3) is 0 Å². The molecule has 9 heteroatoms. The third-order valence-electron chi connectivity index (χ3n) is 6.85. The van der Waals surface area contributed by atoms with Gasteiger partial charge in [-0.15, -0.1) is 0 Å². The Morgan fingerprint density at radius 3 is 1.60 bits per heavy atom. The van der Waals surface area contributed by atoms with Gasteiger partial charge in [0.1, 0.15) is 0 Å². The number of ketones is 1. The van der Waals surface area contributed by atoms with E-state index in [4.69, 9.17) is 14.4 Å². The Morgan fingerprint density at radius 2 is 1.13 bits per heavy atom. The molecule has 0 aliphatic rings. The summed E-state index contributed by atoms with van der Waals surface area (Å²) in [5, 5.41) is 7.82. The molecule has 4 aromatic carbocycles. The topological polar surface area (TPSA) is 107 Å². The van der Waals surface area contributed by atoms with Crippen molar-refractivity contribution in [3.63, 3.8) is 0 Å². The van der Waals surface area contributed by atoms with E-state index in [1.165, 1.54) is 0 Å². The number of carbonyl (C=O) groups excluding carboxylic acids is 3. The maximum absolute atomic E-state index is 13.2. The standard InChI is InChI=1S/C36H35N3O6/c1-6-34(40)44-37-25(4)27-11-17-31(18-12-27)39(32-19-13-28(14-20-32)26(5)38-45-36(42)43-7-2)33-21-15-29(16-22-33)35(41)30-10-8-9-24(3)23-30/h8-23H,6-7H2,1-5H3. The van der Waals surface area contributed by atoms with Gasteiger partial charge in [-0.2, -0.15) is 0 Å². The fourth-order valence-corrected chi connectivity index (χ4v) is 4.40. The molecule has 4 rings (SSSR count). The predicted molar refractivity (Wildman–Crippen MR) is 175 cm³/mol. The van der Waals surface area contributed by atoms with Crippen molar-refractivity contribution in [2.24, 2.45) is 10.3 Å². The van der Waals surface area contributed by atoms with Crippen molar-refractivity contribution < 1.29 is 28.8 Å². The van der Waals surface area contributed by atoms with E-state index in [9.17, 15) is 14.4 Å². The van der Waals surface area contributed by atoms with Gasteiger partial charge in [0.05, 0.1) is 18.0 Å². The Morgan fingerprint density at radius 1 is 0.644 bits per heavy atom. The molecule has 0 radical (unpaired) electrons. The van der Waals surface area contributed by atoms with Crippen molar-refractivity contribution in [3.8, 4) is 0 Å². The minimum Gasteiger partial charge on any atom is -0.433 e. The van der Waals surface area contributed by atoms with Crippen LogP contribution in [0.15, 0.2) is 107 Å². The summed E-state index contributed by atoms with van der Waals surface area (Å²) >= 11 is 0. The molecule has 0 heterocycles. The maximum atomic E-state index is 13.2. The Bertz CT molecular complexity index is 1710. The van der Waals surface area contributed by atoms with Crippen LogP contribution in [0.5, 0.6) is 0 Å². The van der Waals surface area contributed by atoms with E-state index < -0.39 is 12.1 Å². The van der Waals surface area contributed by atoms with E-state index >= 15 is 0 Å². The van der Waals surface area contributed by atoms with E-state index in [0.717, 1.165) is 33.8 Å². The van der Waals surface area contributed by atoms with Crippen LogP contribution < -0.4 is 4.90 Å². The molecule has 0 fully saturated rings. The molecular weight excluding hydrogens is 570 g/mol. The number of anilines is 3. The lowest BCUT2D eigenvalue weighted by atomic mass is 10.0.